The summed E-state index contributed by atoms with van der Waals surface area (Å²) in [5.74, 6) is 0. The summed E-state index contributed by atoms with van der Waals surface area (Å²) >= 11 is 12.6. The van der Waals surface area contributed by atoms with Crippen LogP contribution >= 0.6 is 23.2 Å². The first-order valence-corrected chi connectivity index (χ1v) is 9.48. The second-order valence-electron chi connectivity index (χ2n) is 6.50. The van der Waals surface area contributed by atoms with Crippen LogP contribution in [0.2, 0.25) is 10.0 Å². The molecule has 0 atom stereocenters. The van der Waals surface area contributed by atoms with Crippen LogP contribution in [0.25, 0.3) is 10.9 Å². The average Bonchev–Trinajstić information content (AvgIpc) is 3.02. The zero-order valence-electron chi connectivity index (χ0n) is 14.9. The molecule has 0 saturated heterocycles. The Balaban J connectivity index is 1.91. The number of nitrogens with zero attached hydrogens (tertiary/aromatic N) is 3. The van der Waals surface area contributed by atoms with Gasteiger partial charge in [-0.1, -0.05) is 47.5 Å². The Bertz CT molecular complexity index is 1150. The molecular formula is C21H14Cl2F3N3. The zero-order valence-corrected chi connectivity index (χ0v) is 16.4. The smallest absolute Gasteiger partial charge is 0.263 e. The fraction of sp³-hybridized carbons (Fsp3) is 0.143. The van der Waals surface area contributed by atoms with Crippen molar-refractivity contribution in [2.24, 2.45) is 0 Å². The van der Waals surface area contributed by atoms with Gasteiger partial charge in [0.25, 0.3) is 0 Å². The van der Waals surface area contributed by atoms with E-state index in [-0.39, 0.29) is 12.1 Å². The lowest BCUT2D eigenvalue weighted by atomic mass is 10.1. The SMILES string of the molecule is FC(F)(F)c1cccc2c(Cc3ccccn3)n(Cc3c(Cl)cccc3Cl)nc12. The number of hydrogen-bond donors (Lipinski definition) is 0. The van der Waals surface area contributed by atoms with Crippen LogP contribution in [0.15, 0.2) is 60.8 Å². The van der Waals surface area contributed by atoms with Gasteiger partial charge in [0, 0.05) is 39.3 Å². The van der Waals surface area contributed by atoms with Crippen molar-refractivity contribution in [1.82, 2.24) is 14.8 Å². The summed E-state index contributed by atoms with van der Waals surface area (Å²) in [5, 5.41) is 5.58. The van der Waals surface area contributed by atoms with Crippen LogP contribution in [0.3, 0.4) is 0 Å². The molecule has 29 heavy (non-hydrogen) atoms. The standard InChI is InChI=1S/C21H14Cl2F3N3/c22-17-8-4-9-18(23)15(17)12-29-19(11-13-5-1-2-10-27-13)14-6-3-7-16(20(14)28-29)21(24,25)26/h1-10H,11-12H2. The minimum Gasteiger partial charge on any atom is -0.263 e. The van der Waals surface area contributed by atoms with E-state index in [9.17, 15) is 13.2 Å². The maximum Gasteiger partial charge on any atom is 0.418 e. The van der Waals surface area contributed by atoms with Crippen LogP contribution in [0.4, 0.5) is 13.2 Å². The van der Waals surface area contributed by atoms with Crippen molar-refractivity contribution in [2.75, 3.05) is 0 Å². The van der Waals surface area contributed by atoms with E-state index < -0.39 is 11.7 Å². The summed E-state index contributed by atoms with van der Waals surface area (Å²) in [6, 6.07) is 14.6. The number of hydrogen-bond acceptors (Lipinski definition) is 2. The molecule has 0 amide bonds. The van der Waals surface area contributed by atoms with E-state index in [4.69, 9.17) is 23.2 Å². The van der Waals surface area contributed by atoms with Gasteiger partial charge in [-0.3, -0.25) is 9.67 Å². The lowest BCUT2D eigenvalue weighted by Gasteiger charge is -2.11. The Morgan fingerprint density at radius 3 is 2.28 bits per heavy atom. The monoisotopic (exact) mass is 435 g/mol. The van der Waals surface area contributed by atoms with Crippen LogP contribution in [0.1, 0.15) is 22.5 Å². The predicted molar refractivity (Wildman–Crippen MR) is 107 cm³/mol. The number of aromatic nitrogens is 3. The van der Waals surface area contributed by atoms with Gasteiger partial charge in [0.1, 0.15) is 5.52 Å². The topological polar surface area (TPSA) is 30.7 Å². The summed E-state index contributed by atoms with van der Waals surface area (Å²) in [6.45, 7) is 0.145. The highest BCUT2D eigenvalue weighted by atomic mass is 35.5. The molecule has 148 valence electrons. The number of rotatable bonds is 4. The van der Waals surface area contributed by atoms with Crippen LogP contribution in [0, 0.1) is 0 Å². The predicted octanol–water partition coefficient (Wildman–Crippen LogP) is 6.40. The number of alkyl halides is 3. The Morgan fingerprint density at radius 2 is 1.62 bits per heavy atom. The van der Waals surface area contributed by atoms with Gasteiger partial charge in [0.15, 0.2) is 0 Å². The van der Waals surface area contributed by atoms with Crippen molar-refractivity contribution >= 4 is 34.1 Å². The maximum absolute atomic E-state index is 13.5. The lowest BCUT2D eigenvalue weighted by molar-refractivity contribution is -0.136. The van der Waals surface area contributed by atoms with E-state index >= 15 is 0 Å². The molecule has 0 aliphatic heterocycles. The van der Waals surface area contributed by atoms with E-state index in [1.54, 1.807) is 36.5 Å². The van der Waals surface area contributed by atoms with Crippen LogP contribution in [0.5, 0.6) is 0 Å². The quantitative estimate of drug-likeness (QED) is 0.371. The highest BCUT2D eigenvalue weighted by molar-refractivity contribution is 6.36. The highest BCUT2D eigenvalue weighted by Crippen LogP contribution is 2.36. The van der Waals surface area contributed by atoms with Crippen molar-refractivity contribution in [3.8, 4) is 0 Å². The second kappa shape index (κ2) is 7.69. The van der Waals surface area contributed by atoms with Gasteiger partial charge in [0.05, 0.1) is 17.8 Å². The van der Waals surface area contributed by atoms with Crippen molar-refractivity contribution in [3.63, 3.8) is 0 Å². The Hall–Kier alpha value is -2.57. The number of pyridine rings is 1. The summed E-state index contributed by atoms with van der Waals surface area (Å²) in [6.07, 6.45) is -2.55. The molecular weight excluding hydrogens is 422 g/mol. The summed E-state index contributed by atoms with van der Waals surface area (Å²) in [5.41, 5.74) is 1.05. The van der Waals surface area contributed by atoms with Gasteiger partial charge in [-0.25, -0.2) is 0 Å². The molecule has 0 fully saturated rings. The molecule has 4 rings (SSSR count). The maximum atomic E-state index is 13.5. The first-order chi connectivity index (χ1) is 13.8. The summed E-state index contributed by atoms with van der Waals surface area (Å²) < 4.78 is 42.1. The summed E-state index contributed by atoms with van der Waals surface area (Å²) in [7, 11) is 0. The largest absolute Gasteiger partial charge is 0.418 e. The molecule has 0 saturated carbocycles. The molecule has 3 nitrogen and oxygen atoms in total. The van der Waals surface area contributed by atoms with Crippen LogP contribution in [-0.2, 0) is 19.1 Å². The third-order valence-electron chi connectivity index (χ3n) is 4.63. The van der Waals surface area contributed by atoms with Crippen molar-refractivity contribution in [3.05, 3.63) is 93.4 Å². The molecule has 0 bridgehead atoms. The van der Waals surface area contributed by atoms with E-state index in [0.29, 0.717) is 33.1 Å². The van der Waals surface area contributed by atoms with Gasteiger partial charge in [0.2, 0.25) is 0 Å². The van der Waals surface area contributed by atoms with E-state index in [1.165, 1.54) is 10.7 Å². The minimum absolute atomic E-state index is 0.103. The Kier molecular flexibility index (Phi) is 5.23. The summed E-state index contributed by atoms with van der Waals surface area (Å²) in [4.78, 5) is 4.30. The third kappa shape index (κ3) is 3.95. The molecule has 0 unspecified atom stereocenters. The second-order valence-corrected chi connectivity index (χ2v) is 7.32. The van der Waals surface area contributed by atoms with E-state index in [1.807, 2.05) is 12.1 Å². The lowest BCUT2D eigenvalue weighted by Crippen LogP contribution is -2.09. The van der Waals surface area contributed by atoms with Gasteiger partial charge in [-0.05, 0) is 30.3 Å². The molecule has 0 aliphatic rings. The molecule has 8 heteroatoms. The number of halogens is 5. The first-order valence-electron chi connectivity index (χ1n) is 8.73. The fourth-order valence-corrected chi connectivity index (χ4v) is 3.77. The van der Waals surface area contributed by atoms with Crippen LogP contribution < -0.4 is 0 Å². The van der Waals surface area contributed by atoms with Gasteiger partial charge >= 0.3 is 6.18 Å². The van der Waals surface area contributed by atoms with Crippen molar-refractivity contribution < 1.29 is 13.2 Å². The molecule has 0 aliphatic carbocycles. The molecule has 0 spiro atoms. The number of benzene rings is 2. The highest BCUT2D eigenvalue weighted by Gasteiger charge is 2.34. The van der Waals surface area contributed by atoms with E-state index in [0.717, 1.165) is 11.8 Å². The molecule has 4 aromatic rings. The van der Waals surface area contributed by atoms with Crippen LogP contribution in [-0.4, -0.2) is 14.8 Å². The average molecular weight is 436 g/mol. The number of fused-ring (bicyclic) bond motifs is 1. The third-order valence-corrected chi connectivity index (χ3v) is 5.34. The first kappa shape index (κ1) is 19.7. The van der Waals surface area contributed by atoms with Crippen molar-refractivity contribution in [2.45, 2.75) is 19.1 Å². The van der Waals surface area contributed by atoms with E-state index in [2.05, 4.69) is 10.1 Å². The molecule has 0 radical (unpaired) electrons. The Morgan fingerprint density at radius 1 is 0.897 bits per heavy atom. The molecule has 0 N–H and O–H groups in total. The normalized spacial score (nSPS) is 11.9. The van der Waals surface area contributed by atoms with Gasteiger partial charge in [-0.15, -0.1) is 0 Å². The van der Waals surface area contributed by atoms with Gasteiger partial charge < -0.3 is 0 Å². The zero-order chi connectivity index (χ0) is 20.6. The molecule has 2 aromatic carbocycles. The minimum atomic E-state index is -4.51. The Labute approximate surface area is 174 Å². The molecule has 2 aromatic heterocycles. The molecule has 2 heterocycles. The van der Waals surface area contributed by atoms with Crippen molar-refractivity contribution in [1.29, 1.82) is 0 Å². The van der Waals surface area contributed by atoms with Gasteiger partial charge in [-0.2, -0.15) is 18.3 Å². The fourth-order valence-electron chi connectivity index (χ4n) is 3.26.